The normalized spacial score (nSPS) is 14.2. The lowest BCUT2D eigenvalue weighted by atomic mass is 10.1. The molecule has 7 nitrogen and oxygen atoms in total. The molecule has 1 fully saturated rings. The summed E-state index contributed by atoms with van der Waals surface area (Å²) in [7, 11) is 0. The average Bonchev–Trinajstić information content (AvgIpc) is 2.97. The summed E-state index contributed by atoms with van der Waals surface area (Å²) in [6.07, 6.45) is 0.722. The number of anilines is 1. The molecular weight excluding hydrogens is 438 g/mol. The van der Waals surface area contributed by atoms with E-state index in [1.807, 2.05) is 53.8 Å². The molecule has 0 unspecified atom stereocenters. The lowest BCUT2D eigenvalue weighted by Crippen LogP contribution is -2.39. The number of hydrogen-bond donors (Lipinski definition) is 1. The van der Waals surface area contributed by atoms with E-state index in [4.69, 9.17) is 11.6 Å². The molecule has 0 bridgehead atoms. The van der Waals surface area contributed by atoms with Gasteiger partial charge in [-0.2, -0.15) is 5.10 Å². The van der Waals surface area contributed by atoms with Crippen molar-refractivity contribution in [2.24, 2.45) is 0 Å². The standard InChI is InChI=1S/C25H28ClN5O2/c1-18-14-19(2)31(28-18)17-20-6-3-7-21(15-20)24(32)29-10-5-11-30(13-12-29)25(33)27-23-9-4-8-22(26)16-23/h3-4,6-9,14-16H,5,10-13,17H2,1-2H3,(H,27,33). The van der Waals surface area contributed by atoms with Crippen LogP contribution in [0.1, 0.15) is 33.7 Å². The largest absolute Gasteiger partial charge is 0.337 e. The van der Waals surface area contributed by atoms with E-state index in [9.17, 15) is 9.59 Å². The number of nitrogens with zero attached hydrogens (tertiary/aromatic N) is 4. The van der Waals surface area contributed by atoms with Crippen LogP contribution in [0.25, 0.3) is 0 Å². The van der Waals surface area contributed by atoms with Crippen molar-refractivity contribution in [1.82, 2.24) is 19.6 Å². The van der Waals surface area contributed by atoms with Crippen LogP contribution in [0.4, 0.5) is 10.5 Å². The van der Waals surface area contributed by atoms with Gasteiger partial charge in [0.1, 0.15) is 0 Å². The van der Waals surface area contributed by atoms with Gasteiger partial charge < -0.3 is 15.1 Å². The van der Waals surface area contributed by atoms with E-state index in [0.717, 1.165) is 23.4 Å². The Morgan fingerprint density at radius 2 is 1.73 bits per heavy atom. The number of rotatable bonds is 4. The number of urea groups is 1. The lowest BCUT2D eigenvalue weighted by molar-refractivity contribution is 0.0762. The van der Waals surface area contributed by atoms with Crippen molar-refractivity contribution in [2.45, 2.75) is 26.8 Å². The van der Waals surface area contributed by atoms with Crippen molar-refractivity contribution < 1.29 is 9.59 Å². The molecule has 3 amide bonds. The van der Waals surface area contributed by atoms with E-state index >= 15 is 0 Å². The zero-order chi connectivity index (χ0) is 23.4. The van der Waals surface area contributed by atoms with Crippen LogP contribution in [0.5, 0.6) is 0 Å². The van der Waals surface area contributed by atoms with Crippen molar-refractivity contribution >= 4 is 29.2 Å². The predicted octanol–water partition coefficient (Wildman–Crippen LogP) is 4.58. The summed E-state index contributed by atoms with van der Waals surface area (Å²) in [5, 5.41) is 7.97. The molecule has 8 heteroatoms. The zero-order valence-electron chi connectivity index (χ0n) is 18.9. The first kappa shape index (κ1) is 22.9. The molecular formula is C25H28ClN5O2. The second kappa shape index (κ2) is 10.1. The quantitative estimate of drug-likeness (QED) is 0.613. The molecule has 4 rings (SSSR count). The predicted molar refractivity (Wildman–Crippen MR) is 130 cm³/mol. The van der Waals surface area contributed by atoms with Crippen LogP contribution in [0.15, 0.2) is 54.6 Å². The SMILES string of the molecule is Cc1cc(C)n(Cc2cccc(C(=O)N3CCCN(C(=O)Nc4cccc(Cl)c4)CC3)c2)n1. The molecule has 1 aliphatic rings. The fraction of sp³-hybridized carbons (Fsp3) is 0.320. The van der Waals surface area contributed by atoms with Crippen LogP contribution < -0.4 is 5.32 Å². The molecule has 2 heterocycles. The summed E-state index contributed by atoms with van der Waals surface area (Å²) >= 11 is 6.00. The van der Waals surface area contributed by atoms with Crippen molar-refractivity contribution in [3.63, 3.8) is 0 Å². The third-order valence-corrected chi connectivity index (χ3v) is 5.99. The highest BCUT2D eigenvalue weighted by atomic mass is 35.5. The molecule has 1 N–H and O–H groups in total. The molecule has 1 aromatic heterocycles. The van der Waals surface area contributed by atoms with Gasteiger partial charge in [0.2, 0.25) is 0 Å². The minimum absolute atomic E-state index is 0.0117. The summed E-state index contributed by atoms with van der Waals surface area (Å²) in [5.74, 6) is -0.0117. The Bertz CT molecular complexity index is 1160. The first-order chi connectivity index (χ1) is 15.9. The third-order valence-electron chi connectivity index (χ3n) is 5.76. The molecule has 0 aliphatic carbocycles. The van der Waals surface area contributed by atoms with Gasteiger partial charge in [-0.05, 0) is 62.2 Å². The first-order valence-electron chi connectivity index (χ1n) is 11.1. The van der Waals surface area contributed by atoms with E-state index in [0.29, 0.717) is 49.0 Å². The molecule has 0 atom stereocenters. The lowest BCUT2D eigenvalue weighted by Gasteiger charge is -2.23. The van der Waals surface area contributed by atoms with Crippen LogP contribution in [0.3, 0.4) is 0 Å². The maximum absolute atomic E-state index is 13.2. The summed E-state index contributed by atoms with van der Waals surface area (Å²) in [4.78, 5) is 29.5. The van der Waals surface area contributed by atoms with Crippen LogP contribution >= 0.6 is 11.6 Å². The smallest absolute Gasteiger partial charge is 0.321 e. The van der Waals surface area contributed by atoms with Gasteiger partial charge in [-0.25, -0.2) is 4.79 Å². The van der Waals surface area contributed by atoms with Gasteiger partial charge >= 0.3 is 6.03 Å². The van der Waals surface area contributed by atoms with Crippen LogP contribution in [0.2, 0.25) is 5.02 Å². The van der Waals surface area contributed by atoms with Gasteiger partial charge in [0.25, 0.3) is 5.91 Å². The Labute approximate surface area is 198 Å². The van der Waals surface area contributed by atoms with Crippen molar-refractivity contribution in [2.75, 3.05) is 31.5 Å². The Balaban J connectivity index is 1.38. The summed E-state index contributed by atoms with van der Waals surface area (Å²) < 4.78 is 1.95. The molecule has 2 aromatic carbocycles. The third kappa shape index (κ3) is 5.73. The second-order valence-electron chi connectivity index (χ2n) is 8.36. The number of nitrogens with one attached hydrogen (secondary N) is 1. The van der Waals surface area contributed by atoms with Gasteiger partial charge in [0.05, 0.1) is 12.2 Å². The summed E-state index contributed by atoms with van der Waals surface area (Å²) in [6.45, 7) is 6.79. The second-order valence-corrected chi connectivity index (χ2v) is 8.79. The number of carbonyl (C=O) groups excluding carboxylic acids is 2. The van der Waals surface area contributed by atoms with Gasteiger partial charge in [-0.1, -0.05) is 29.8 Å². The van der Waals surface area contributed by atoms with Crippen LogP contribution in [0, 0.1) is 13.8 Å². The summed E-state index contributed by atoms with van der Waals surface area (Å²) in [6, 6.07) is 16.6. The average molecular weight is 466 g/mol. The summed E-state index contributed by atoms with van der Waals surface area (Å²) in [5.41, 5.74) is 4.42. The number of aromatic nitrogens is 2. The number of aryl methyl sites for hydroxylation is 2. The molecule has 172 valence electrons. The molecule has 1 aliphatic heterocycles. The number of halogens is 1. The van der Waals surface area contributed by atoms with Crippen molar-refractivity contribution in [3.05, 3.63) is 82.1 Å². The monoisotopic (exact) mass is 465 g/mol. The van der Waals surface area contributed by atoms with E-state index < -0.39 is 0 Å². The van der Waals surface area contributed by atoms with Crippen molar-refractivity contribution in [1.29, 1.82) is 0 Å². The number of hydrogen-bond acceptors (Lipinski definition) is 3. The van der Waals surface area contributed by atoms with E-state index in [-0.39, 0.29) is 11.9 Å². The highest BCUT2D eigenvalue weighted by molar-refractivity contribution is 6.30. The van der Waals surface area contributed by atoms with Gasteiger partial charge in [-0.15, -0.1) is 0 Å². The Morgan fingerprint density at radius 1 is 0.970 bits per heavy atom. The Hall–Kier alpha value is -3.32. The van der Waals surface area contributed by atoms with Gasteiger partial charge in [-0.3, -0.25) is 9.48 Å². The maximum atomic E-state index is 13.2. The fourth-order valence-corrected chi connectivity index (χ4v) is 4.28. The minimum Gasteiger partial charge on any atom is -0.337 e. The minimum atomic E-state index is -0.182. The Kier molecular flexibility index (Phi) is 6.99. The van der Waals surface area contributed by atoms with Crippen LogP contribution in [-0.4, -0.2) is 57.7 Å². The van der Waals surface area contributed by atoms with E-state index in [2.05, 4.69) is 10.4 Å². The molecule has 33 heavy (non-hydrogen) atoms. The topological polar surface area (TPSA) is 70.5 Å². The maximum Gasteiger partial charge on any atom is 0.321 e. The highest BCUT2D eigenvalue weighted by Gasteiger charge is 2.23. The van der Waals surface area contributed by atoms with Gasteiger partial charge in [0.15, 0.2) is 0 Å². The molecule has 1 saturated heterocycles. The molecule has 0 saturated carbocycles. The van der Waals surface area contributed by atoms with Gasteiger partial charge in [0, 0.05) is 48.1 Å². The molecule has 0 radical (unpaired) electrons. The van der Waals surface area contributed by atoms with E-state index in [1.54, 1.807) is 29.2 Å². The van der Waals surface area contributed by atoms with Crippen LogP contribution in [-0.2, 0) is 6.54 Å². The molecule has 0 spiro atoms. The number of carbonyl (C=O) groups is 2. The van der Waals surface area contributed by atoms with Crippen molar-refractivity contribution in [3.8, 4) is 0 Å². The number of amides is 3. The first-order valence-corrected chi connectivity index (χ1v) is 11.5. The highest BCUT2D eigenvalue weighted by Crippen LogP contribution is 2.17. The zero-order valence-corrected chi connectivity index (χ0v) is 19.7. The molecule has 3 aromatic rings. The fourth-order valence-electron chi connectivity index (χ4n) is 4.09. The number of benzene rings is 2. The Morgan fingerprint density at radius 3 is 2.48 bits per heavy atom. The van der Waals surface area contributed by atoms with E-state index in [1.165, 1.54) is 0 Å².